The Morgan fingerprint density at radius 3 is 0.482 bits per heavy atom. The SMILES string of the molecule is CCCCCCCCCCCCCCCCCCCCCCCCCCCCCCCC(=O)OCC(COC(=O)CCCCCCCCCCC)OC(=O)CCCCCCCCCCCCCCCCCCCCCCCCCCCCC. The van der Waals surface area contributed by atoms with E-state index in [-0.39, 0.29) is 31.1 Å². The Bertz CT molecular complexity index is 1250. The zero-order valence-corrected chi connectivity index (χ0v) is 57.0. The van der Waals surface area contributed by atoms with E-state index in [0.29, 0.717) is 19.3 Å². The van der Waals surface area contributed by atoms with Crippen molar-refractivity contribution in [3.63, 3.8) is 0 Å². The molecule has 0 radical (unpaired) electrons. The molecule has 6 heteroatoms. The van der Waals surface area contributed by atoms with Crippen LogP contribution in [0.25, 0.3) is 0 Å². The van der Waals surface area contributed by atoms with Crippen molar-refractivity contribution < 1.29 is 28.6 Å². The molecule has 0 rings (SSSR count). The van der Waals surface area contributed by atoms with E-state index in [2.05, 4.69) is 20.8 Å². The molecular formula is C77H150O6. The summed E-state index contributed by atoms with van der Waals surface area (Å²) >= 11 is 0. The van der Waals surface area contributed by atoms with Crippen LogP contribution >= 0.6 is 0 Å². The normalized spacial score (nSPS) is 11.9. The van der Waals surface area contributed by atoms with E-state index in [1.807, 2.05) is 0 Å². The van der Waals surface area contributed by atoms with Gasteiger partial charge in [0.1, 0.15) is 13.2 Å². The van der Waals surface area contributed by atoms with E-state index in [0.717, 1.165) is 57.8 Å². The maximum atomic E-state index is 12.9. The van der Waals surface area contributed by atoms with Gasteiger partial charge in [0, 0.05) is 19.3 Å². The molecule has 494 valence electrons. The van der Waals surface area contributed by atoms with Crippen molar-refractivity contribution in [2.24, 2.45) is 0 Å². The summed E-state index contributed by atoms with van der Waals surface area (Å²) in [4.78, 5) is 38.4. The van der Waals surface area contributed by atoms with Crippen LogP contribution in [0.4, 0.5) is 0 Å². The van der Waals surface area contributed by atoms with Crippen LogP contribution in [0, 0.1) is 0 Å². The minimum absolute atomic E-state index is 0.0605. The number of unbranched alkanes of at least 4 members (excludes halogenated alkanes) is 62. The molecule has 0 aliphatic heterocycles. The van der Waals surface area contributed by atoms with E-state index < -0.39 is 6.10 Å². The van der Waals surface area contributed by atoms with Crippen LogP contribution in [-0.4, -0.2) is 37.2 Å². The second-order valence-electron chi connectivity index (χ2n) is 26.6. The first-order valence-corrected chi connectivity index (χ1v) is 38.5. The number of rotatable bonds is 73. The summed E-state index contributed by atoms with van der Waals surface area (Å²) in [6, 6.07) is 0. The smallest absolute Gasteiger partial charge is 0.306 e. The molecule has 0 amide bonds. The summed E-state index contributed by atoms with van der Waals surface area (Å²) in [5, 5.41) is 0. The van der Waals surface area contributed by atoms with E-state index in [1.54, 1.807) is 0 Å². The van der Waals surface area contributed by atoms with Crippen molar-refractivity contribution in [3.8, 4) is 0 Å². The minimum atomic E-state index is -0.763. The Morgan fingerprint density at radius 2 is 0.325 bits per heavy atom. The summed E-state index contributed by atoms with van der Waals surface area (Å²) in [6.07, 6.45) is 87.6. The molecule has 0 aromatic rings. The fourth-order valence-corrected chi connectivity index (χ4v) is 12.3. The molecule has 0 aromatic carbocycles. The highest BCUT2D eigenvalue weighted by atomic mass is 16.6. The first-order chi connectivity index (χ1) is 41.0. The van der Waals surface area contributed by atoms with Gasteiger partial charge in [-0.25, -0.2) is 0 Å². The van der Waals surface area contributed by atoms with Gasteiger partial charge in [0.2, 0.25) is 0 Å². The van der Waals surface area contributed by atoms with Crippen molar-refractivity contribution in [3.05, 3.63) is 0 Å². The second kappa shape index (κ2) is 72.9. The Labute approximate surface area is 520 Å². The molecule has 6 nitrogen and oxygen atoms in total. The topological polar surface area (TPSA) is 78.9 Å². The van der Waals surface area contributed by atoms with Gasteiger partial charge in [0.25, 0.3) is 0 Å². The fourth-order valence-electron chi connectivity index (χ4n) is 12.3. The maximum Gasteiger partial charge on any atom is 0.306 e. The Morgan fingerprint density at radius 1 is 0.193 bits per heavy atom. The predicted molar refractivity (Wildman–Crippen MR) is 363 cm³/mol. The van der Waals surface area contributed by atoms with Gasteiger partial charge in [-0.15, -0.1) is 0 Å². The highest BCUT2D eigenvalue weighted by Crippen LogP contribution is 2.20. The van der Waals surface area contributed by atoms with Gasteiger partial charge in [-0.3, -0.25) is 14.4 Å². The Hall–Kier alpha value is -1.59. The molecule has 0 bridgehead atoms. The summed E-state index contributed by atoms with van der Waals surface area (Å²) < 4.78 is 17.0. The average Bonchev–Trinajstić information content (AvgIpc) is 3.49. The zero-order valence-electron chi connectivity index (χ0n) is 57.0. The monoisotopic (exact) mass is 1170 g/mol. The van der Waals surface area contributed by atoms with Crippen molar-refractivity contribution in [2.45, 2.75) is 463 Å². The van der Waals surface area contributed by atoms with Crippen LogP contribution in [0.1, 0.15) is 457 Å². The molecule has 1 unspecified atom stereocenters. The Balaban J connectivity index is 4.02. The molecule has 0 saturated carbocycles. The van der Waals surface area contributed by atoms with Gasteiger partial charge < -0.3 is 14.2 Å². The van der Waals surface area contributed by atoms with Gasteiger partial charge in [0.05, 0.1) is 0 Å². The van der Waals surface area contributed by atoms with Crippen LogP contribution in [0.2, 0.25) is 0 Å². The largest absolute Gasteiger partial charge is 0.462 e. The highest BCUT2D eigenvalue weighted by Gasteiger charge is 2.20. The molecule has 0 aliphatic rings. The fraction of sp³-hybridized carbons (Fsp3) is 0.961. The van der Waals surface area contributed by atoms with Gasteiger partial charge >= 0.3 is 17.9 Å². The highest BCUT2D eigenvalue weighted by molar-refractivity contribution is 5.71. The number of carbonyl (C=O) groups is 3. The lowest BCUT2D eigenvalue weighted by molar-refractivity contribution is -0.167. The summed E-state index contributed by atoms with van der Waals surface area (Å²) in [5.74, 6) is -0.823. The predicted octanol–water partition coefficient (Wildman–Crippen LogP) is 26.6. The van der Waals surface area contributed by atoms with E-state index >= 15 is 0 Å². The molecule has 1 atom stereocenters. The van der Waals surface area contributed by atoms with E-state index in [1.165, 1.54) is 360 Å². The third kappa shape index (κ3) is 71.1. The molecule has 83 heavy (non-hydrogen) atoms. The van der Waals surface area contributed by atoms with Crippen LogP contribution in [-0.2, 0) is 28.6 Å². The number of esters is 3. The lowest BCUT2D eigenvalue weighted by Gasteiger charge is -2.18. The molecule has 0 aliphatic carbocycles. The standard InChI is InChI=1S/C77H150O6/c1-4-7-10-13-16-19-21-23-25-27-29-31-33-35-37-38-40-41-43-45-47-49-51-53-55-58-61-64-67-70-76(79)82-73-74(72-81-75(78)69-66-63-60-57-18-15-12-9-6-3)83-77(80)71-68-65-62-59-56-54-52-50-48-46-44-42-39-36-34-32-30-28-26-24-22-20-17-14-11-8-5-2/h74H,4-73H2,1-3H3. The first kappa shape index (κ1) is 81.4. The van der Waals surface area contributed by atoms with Crippen molar-refractivity contribution in [1.29, 1.82) is 0 Å². The van der Waals surface area contributed by atoms with Crippen LogP contribution in [0.5, 0.6) is 0 Å². The summed E-state index contributed by atoms with van der Waals surface area (Å²) in [6.45, 7) is 6.73. The molecule has 0 heterocycles. The Kier molecular flexibility index (Phi) is 71.5. The van der Waals surface area contributed by atoms with Crippen LogP contribution in [0.3, 0.4) is 0 Å². The molecule has 0 spiro atoms. The van der Waals surface area contributed by atoms with Crippen molar-refractivity contribution in [2.75, 3.05) is 13.2 Å². The van der Waals surface area contributed by atoms with E-state index in [9.17, 15) is 14.4 Å². The third-order valence-corrected chi connectivity index (χ3v) is 18.1. The van der Waals surface area contributed by atoms with Crippen molar-refractivity contribution in [1.82, 2.24) is 0 Å². The minimum Gasteiger partial charge on any atom is -0.462 e. The van der Waals surface area contributed by atoms with Gasteiger partial charge in [-0.1, -0.05) is 419 Å². The number of ether oxygens (including phenoxy) is 3. The van der Waals surface area contributed by atoms with Crippen LogP contribution in [0.15, 0.2) is 0 Å². The van der Waals surface area contributed by atoms with Crippen molar-refractivity contribution >= 4 is 17.9 Å². The third-order valence-electron chi connectivity index (χ3n) is 18.1. The maximum absolute atomic E-state index is 12.9. The van der Waals surface area contributed by atoms with Crippen LogP contribution < -0.4 is 0 Å². The second-order valence-corrected chi connectivity index (χ2v) is 26.6. The van der Waals surface area contributed by atoms with Gasteiger partial charge in [-0.2, -0.15) is 0 Å². The van der Waals surface area contributed by atoms with E-state index in [4.69, 9.17) is 14.2 Å². The quantitative estimate of drug-likeness (QED) is 0.0343. The molecule has 0 saturated heterocycles. The molecule has 0 N–H and O–H groups in total. The zero-order chi connectivity index (χ0) is 59.9. The lowest BCUT2D eigenvalue weighted by atomic mass is 10.0. The average molecular weight is 1170 g/mol. The van der Waals surface area contributed by atoms with Gasteiger partial charge in [0.15, 0.2) is 6.10 Å². The first-order valence-electron chi connectivity index (χ1n) is 38.5. The number of hydrogen-bond acceptors (Lipinski definition) is 6. The van der Waals surface area contributed by atoms with Gasteiger partial charge in [-0.05, 0) is 19.3 Å². The summed E-state index contributed by atoms with van der Waals surface area (Å²) in [5.41, 5.74) is 0. The number of hydrogen-bond donors (Lipinski definition) is 0. The lowest BCUT2D eigenvalue weighted by Crippen LogP contribution is -2.30. The molecular weight excluding hydrogens is 1020 g/mol. The number of carbonyl (C=O) groups excluding carboxylic acids is 3. The molecule has 0 aromatic heterocycles. The molecule has 0 fully saturated rings. The summed E-state index contributed by atoms with van der Waals surface area (Å²) in [7, 11) is 0.